The lowest BCUT2D eigenvalue weighted by atomic mass is 9.94. The lowest BCUT2D eigenvalue weighted by Crippen LogP contribution is -2.19. The van der Waals surface area contributed by atoms with Crippen molar-refractivity contribution in [1.82, 2.24) is 0 Å². The van der Waals surface area contributed by atoms with E-state index in [1.165, 1.54) is 11.1 Å². The molecule has 0 radical (unpaired) electrons. The molecule has 1 aromatic carbocycles. The van der Waals surface area contributed by atoms with E-state index in [1.54, 1.807) is 0 Å². The van der Waals surface area contributed by atoms with Gasteiger partial charge in [-0.25, -0.2) is 0 Å². The second-order valence-corrected chi connectivity index (χ2v) is 4.64. The van der Waals surface area contributed by atoms with Gasteiger partial charge in [0, 0.05) is 6.42 Å². The van der Waals surface area contributed by atoms with Crippen LogP contribution in [0.5, 0.6) is 5.75 Å². The van der Waals surface area contributed by atoms with Crippen molar-refractivity contribution in [1.29, 1.82) is 0 Å². The van der Waals surface area contributed by atoms with E-state index in [2.05, 4.69) is 32.0 Å². The summed E-state index contributed by atoms with van der Waals surface area (Å²) in [5.41, 5.74) is 2.49. The van der Waals surface area contributed by atoms with Gasteiger partial charge in [-0.3, -0.25) is 0 Å². The first-order chi connectivity index (χ1) is 7.70. The number of carbonyl (C=O) groups excluding carboxylic acids is 1. The molecule has 2 atom stereocenters. The Morgan fingerprint density at radius 1 is 1.56 bits per heavy atom. The average molecular weight is 218 g/mol. The van der Waals surface area contributed by atoms with Crippen LogP contribution in [-0.2, 0) is 11.2 Å². The third kappa shape index (κ3) is 2.26. The highest BCUT2D eigenvalue weighted by Crippen LogP contribution is 2.31. The highest BCUT2D eigenvalue weighted by molar-refractivity contribution is 5.52. The third-order valence-electron chi connectivity index (χ3n) is 3.26. The summed E-state index contributed by atoms with van der Waals surface area (Å²) in [7, 11) is 0. The minimum absolute atomic E-state index is 0.281. The van der Waals surface area contributed by atoms with Crippen molar-refractivity contribution in [2.45, 2.75) is 45.1 Å². The summed E-state index contributed by atoms with van der Waals surface area (Å²) < 4.78 is 5.81. The Labute approximate surface area is 96.6 Å². The Bertz CT molecular complexity index is 384. The Balaban J connectivity index is 2.23. The zero-order chi connectivity index (χ0) is 11.5. The van der Waals surface area contributed by atoms with Gasteiger partial charge in [0.2, 0.25) is 0 Å². The molecule has 1 aliphatic rings. The molecule has 0 N–H and O–H groups in total. The first-order valence-electron chi connectivity index (χ1n) is 5.94. The van der Waals surface area contributed by atoms with Crippen molar-refractivity contribution in [2.24, 2.45) is 0 Å². The molecule has 2 heteroatoms. The van der Waals surface area contributed by atoms with Crippen LogP contribution in [0.3, 0.4) is 0 Å². The summed E-state index contributed by atoms with van der Waals surface area (Å²) >= 11 is 0. The second kappa shape index (κ2) is 4.69. The topological polar surface area (TPSA) is 26.3 Å². The minimum atomic E-state index is 0.281. The van der Waals surface area contributed by atoms with Gasteiger partial charge in [0.25, 0.3) is 0 Å². The molecule has 86 valence electrons. The number of hydrogen-bond acceptors (Lipinski definition) is 2. The number of fused-ring (bicyclic) bond motifs is 1. The quantitative estimate of drug-likeness (QED) is 0.729. The van der Waals surface area contributed by atoms with Crippen LogP contribution >= 0.6 is 0 Å². The van der Waals surface area contributed by atoms with Crippen LogP contribution in [0.25, 0.3) is 0 Å². The maximum Gasteiger partial charge on any atom is 0.123 e. The highest BCUT2D eigenvalue weighted by atomic mass is 16.5. The largest absolute Gasteiger partial charge is 0.490 e. The van der Waals surface area contributed by atoms with E-state index in [1.807, 2.05) is 0 Å². The van der Waals surface area contributed by atoms with Gasteiger partial charge in [0.05, 0.1) is 6.10 Å². The van der Waals surface area contributed by atoms with Crippen molar-refractivity contribution in [2.75, 3.05) is 0 Å². The predicted molar refractivity (Wildman–Crippen MR) is 63.9 cm³/mol. The molecule has 0 fully saturated rings. The molecule has 0 bridgehead atoms. The number of benzene rings is 1. The van der Waals surface area contributed by atoms with E-state index in [0.717, 1.165) is 24.9 Å². The SMILES string of the molecule is CC1CCc2ccc(C(C)CC=O)cc2O1. The van der Waals surface area contributed by atoms with E-state index < -0.39 is 0 Å². The second-order valence-electron chi connectivity index (χ2n) is 4.64. The van der Waals surface area contributed by atoms with Gasteiger partial charge < -0.3 is 9.53 Å². The molecule has 1 aliphatic heterocycles. The van der Waals surface area contributed by atoms with Crippen LogP contribution in [-0.4, -0.2) is 12.4 Å². The van der Waals surface area contributed by atoms with Crippen LogP contribution in [0.15, 0.2) is 18.2 Å². The van der Waals surface area contributed by atoms with Crippen molar-refractivity contribution >= 4 is 6.29 Å². The number of carbonyl (C=O) groups is 1. The van der Waals surface area contributed by atoms with Gasteiger partial charge in [-0.15, -0.1) is 0 Å². The zero-order valence-electron chi connectivity index (χ0n) is 9.90. The first kappa shape index (κ1) is 11.2. The number of ether oxygens (including phenoxy) is 1. The number of aryl methyl sites for hydroxylation is 1. The molecule has 2 unspecified atom stereocenters. The normalized spacial score (nSPS) is 20.8. The summed E-state index contributed by atoms with van der Waals surface area (Å²) in [6.07, 6.45) is 4.06. The molecule has 2 rings (SSSR count). The van der Waals surface area contributed by atoms with Gasteiger partial charge in [0.15, 0.2) is 0 Å². The van der Waals surface area contributed by atoms with E-state index in [-0.39, 0.29) is 5.92 Å². The Hall–Kier alpha value is -1.31. The predicted octanol–water partition coefficient (Wildman–Crippen LogP) is 3.09. The van der Waals surface area contributed by atoms with Gasteiger partial charge in [-0.2, -0.15) is 0 Å². The molecule has 1 aromatic rings. The van der Waals surface area contributed by atoms with Crippen molar-refractivity contribution in [3.63, 3.8) is 0 Å². The maximum atomic E-state index is 10.5. The fourth-order valence-electron chi connectivity index (χ4n) is 2.11. The van der Waals surface area contributed by atoms with Gasteiger partial charge in [-0.05, 0) is 42.9 Å². The van der Waals surface area contributed by atoms with Crippen molar-refractivity contribution < 1.29 is 9.53 Å². The van der Waals surface area contributed by atoms with Crippen LogP contribution in [0, 0.1) is 0 Å². The molecule has 0 amide bonds. The number of hydrogen-bond donors (Lipinski definition) is 0. The summed E-state index contributed by atoms with van der Waals surface area (Å²) in [6, 6.07) is 6.35. The van der Waals surface area contributed by atoms with Crippen LogP contribution in [0.4, 0.5) is 0 Å². The number of aldehydes is 1. The lowest BCUT2D eigenvalue weighted by Gasteiger charge is -2.24. The first-order valence-corrected chi connectivity index (χ1v) is 5.94. The third-order valence-corrected chi connectivity index (χ3v) is 3.26. The van der Waals surface area contributed by atoms with Gasteiger partial charge in [-0.1, -0.05) is 19.1 Å². The summed E-state index contributed by atoms with van der Waals surface area (Å²) in [4.78, 5) is 10.5. The molecule has 0 saturated heterocycles. The Kier molecular flexibility index (Phi) is 3.28. The Morgan fingerprint density at radius 2 is 2.38 bits per heavy atom. The van der Waals surface area contributed by atoms with Crippen LogP contribution < -0.4 is 4.74 Å². The fourth-order valence-corrected chi connectivity index (χ4v) is 2.11. The van der Waals surface area contributed by atoms with Crippen LogP contribution in [0.1, 0.15) is 43.7 Å². The zero-order valence-corrected chi connectivity index (χ0v) is 9.90. The Morgan fingerprint density at radius 3 is 3.12 bits per heavy atom. The molecule has 2 nitrogen and oxygen atoms in total. The molecular formula is C14H18O2. The van der Waals surface area contributed by atoms with Gasteiger partial charge in [0.1, 0.15) is 12.0 Å². The number of rotatable bonds is 3. The summed E-state index contributed by atoms with van der Waals surface area (Å²) in [5.74, 6) is 1.29. The summed E-state index contributed by atoms with van der Waals surface area (Å²) in [5, 5.41) is 0. The van der Waals surface area contributed by atoms with E-state index in [9.17, 15) is 4.79 Å². The van der Waals surface area contributed by atoms with E-state index in [0.29, 0.717) is 12.5 Å². The molecule has 0 aromatic heterocycles. The standard InChI is InChI=1S/C14H18O2/c1-10(7-8-15)13-6-5-12-4-3-11(2)16-14(12)9-13/h5-6,8-11H,3-4,7H2,1-2H3. The van der Waals surface area contributed by atoms with Crippen LogP contribution in [0.2, 0.25) is 0 Å². The molecule has 0 saturated carbocycles. The van der Waals surface area contributed by atoms with Gasteiger partial charge >= 0.3 is 0 Å². The smallest absolute Gasteiger partial charge is 0.123 e. The van der Waals surface area contributed by atoms with E-state index >= 15 is 0 Å². The molecule has 0 aliphatic carbocycles. The molecule has 1 heterocycles. The van der Waals surface area contributed by atoms with Crippen molar-refractivity contribution in [3.05, 3.63) is 29.3 Å². The molecule has 16 heavy (non-hydrogen) atoms. The molecule has 0 spiro atoms. The maximum absolute atomic E-state index is 10.5. The van der Waals surface area contributed by atoms with Crippen molar-refractivity contribution in [3.8, 4) is 5.75 Å². The average Bonchev–Trinajstić information content (AvgIpc) is 2.28. The monoisotopic (exact) mass is 218 g/mol. The van der Waals surface area contributed by atoms with E-state index in [4.69, 9.17) is 4.74 Å². The molecular weight excluding hydrogens is 200 g/mol. The summed E-state index contributed by atoms with van der Waals surface area (Å²) in [6.45, 7) is 4.17. The minimum Gasteiger partial charge on any atom is -0.490 e. The fraction of sp³-hybridized carbons (Fsp3) is 0.500. The highest BCUT2D eigenvalue weighted by Gasteiger charge is 2.17. The lowest BCUT2D eigenvalue weighted by molar-refractivity contribution is -0.108.